The van der Waals surface area contributed by atoms with Gasteiger partial charge in [0.2, 0.25) is 0 Å². The van der Waals surface area contributed by atoms with Gasteiger partial charge < -0.3 is 14.6 Å². The van der Waals surface area contributed by atoms with Gasteiger partial charge in [-0.05, 0) is 20.3 Å². The normalized spacial score (nSPS) is 9.14. The number of hydrogen-bond acceptors (Lipinski definition) is 5. The molecule has 0 aromatic rings. The zero-order valence-electron chi connectivity index (χ0n) is 13.4. The molecule has 0 heterocycles. The molecular formula is C16H28O5. The summed E-state index contributed by atoms with van der Waals surface area (Å²) < 4.78 is 9.41. The maximum atomic E-state index is 10.9. The van der Waals surface area contributed by atoms with E-state index < -0.39 is 5.97 Å². The molecule has 5 heteroatoms. The first-order chi connectivity index (χ1) is 9.90. The summed E-state index contributed by atoms with van der Waals surface area (Å²) in [6, 6.07) is 0. The summed E-state index contributed by atoms with van der Waals surface area (Å²) in [5, 5.41) is 8.33. The monoisotopic (exact) mass is 300 g/mol. The van der Waals surface area contributed by atoms with E-state index in [4.69, 9.17) is 9.84 Å². The molecule has 0 aromatic carbocycles. The third-order valence-corrected chi connectivity index (χ3v) is 2.33. The number of carbonyl (C=O) groups excluding carboxylic acids is 2. The second-order valence-corrected chi connectivity index (χ2v) is 4.46. The van der Waals surface area contributed by atoms with Gasteiger partial charge in [-0.1, -0.05) is 39.3 Å². The number of hydrogen-bond donors (Lipinski definition) is 1. The van der Waals surface area contributed by atoms with Crippen LogP contribution in [-0.2, 0) is 19.1 Å². The van der Waals surface area contributed by atoms with Crippen molar-refractivity contribution in [1.29, 1.82) is 0 Å². The highest BCUT2D eigenvalue weighted by Crippen LogP contribution is 2.00. The zero-order chi connectivity index (χ0) is 16.7. The van der Waals surface area contributed by atoms with E-state index in [1.165, 1.54) is 12.8 Å². The number of ether oxygens (including phenoxy) is 2. The highest BCUT2D eigenvalue weighted by molar-refractivity contribution is 5.87. The molecule has 122 valence electrons. The quantitative estimate of drug-likeness (QED) is 0.403. The SMILES string of the molecule is C=C(C)C(=O)OCCCCCC.C=C(CO)C(=O)OCC. The van der Waals surface area contributed by atoms with E-state index in [-0.39, 0.29) is 18.1 Å². The summed E-state index contributed by atoms with van der Waals surface area (Å²) in [7, 11) is 0. The Bertz CT molecular complexity index is 334. The molecule has 0 saturated carbocycles. The Labute approximate surface area is 127 Å². The van der Waals surface area contributed by atoms with Gasteiger partial charge in [-0.15, -0.1) is 0 Å². The second kappa shape index (κ2) is 14.8. The van der Waals surface area contributed by atoms with Crippen LogP contribution in [0.5, 0.6) is 0 Å². The zero-order valence-corrected chi connectivity index (χ0v) is 13.4. The molecule has 0 aliphatic carbocycles. The molecule has 5 nitrogen and oxygen atoms in total. The van der Waals surface area contributed by atoms with Crippen LogP contribution in [0, 0.1) is 0 Å². The van der Waals surface area contributed by atoms with Crippen LogP contribution in [0.25, 0.3) is 0 Å². The lowest BCUT2D eigenvalue weighted by Gasteiger charge is -2.02. The van der Waals surface area contributed by atoms with Crippen LogP contribution in [0.3, 0.4) is 0 Å². The molecule has 0 amide bonds. The number of aliphatic hydroxyl groups is 1. The fourth-order valence-corrected chi connectivity index (χ4v) is 1.11. The Morgan fingerprint density at radius 1 is 1.00 bits per heavy atom. The molecule has 0 atom stereocenters. The highest BCUT2D eigenvalue weighted by Gasteiger charge is 2.03. The van der Waals surface area contributed by atoms with Gasteiger partial charge in [0, 0.05) is 5.57 Å². The maximum Gasteiger partial charge on any atom is 0.335 e. The van der Waals surface area contributed by atoms with E-state index in [1.54, 1.807) is 13.8 Å². The number of unbranched alkanes of at least 4 members (excludes halogenated alkanes) is 3. The van der Waals surface area contributed by atoms with Gasteiger partial charge in [-0.2, -0.15) is 0 Å². The standard InChI is InChI=1S/C10H18O2.C6H10O3/c1-4-5-6-7-8-12-10(11)9(2)3;1-3-9-6(8)5(2)4-7/h2,4-8H2,1,3H3;7H,2-4H2,1H3. The van der Waals surface area contributed by atoms with Crippen molar-refractivity contribution in [2.24, 2.45) is 0 Å². The minimum absolute atomic E-state index is 0.0943. The largest absolute Gasteiger partial charge is 0.463 e. The lowest BCUT2D eigenvalue weighted by atomic mass is 10.2. The Kier molecular flexibility index (Phi) is 15.3. The molecule has 0 bridgehead atoms. The van der Waals surface area contributed by atoms with Crippen molar-refractivity contribution >= 4 is 11.9 Å². The molecule has 0 unspecified atom stereocenters. The second-order valence-electron chi connectivity index (χ2n) is 4.46. The topological polar surface area (TPSA) is 72.8 Å². The first kappa shape index (κ1) is 21.7. The van der Waals surface area contributed by atoms with Crippen molar-refractivity contribution < 1.29 is 24.2 Å². The Balaban J connectivity index is 0. The lowest BCUT2D eigenvalue weighted by Crippen LogP contribution is -2.08. The van der Waals surface area contributed by atoms with Crippen molar-refractivity contribution in [2.45, 2.75) is 46.5 Å². The Morgan fingerprint density at radius 2 is 1.62 bits per heavy atom. The van der Waals surface area contributed by atoms with E-state index in [9.17, 15) is 9.59 Å². The van der Waals surface area contributed by atoms with Crippen molar-refractivity contribution in [1.82, 2.24) is 0 Å². The molecule has 0 radical (unpaired) electrons. The fraction of sp³-hybridized carbons (Fsp3) is 0.625. The van der Waals surface area contributed by atoms with Gasteiger partial charge in [-0.25, -0.2) is 9.59 Å². The van der Waals surface area contributed by atoms with Gasteiger partial charge in [0.1, 0.15) is 0 Å². The van der Waals surface area contributed by atoms with Crippen molar-refractivity contribution in [3.63, 3.8) is 0 Å². The van der Waals surface area contributed by atoms with Gasteiger partial charge in [0.15, 0.2) is 0 Å². The molecule has 21 heavy (non-hydrogen) atoms. The smallest absolute Gasteiger partial charge is 0.335 e. The predicted octanol–water partition coefficient (Wildman–Crippen LogP) is 2.78. The molecule has 0 fully saturated rings. The summed E-state index contributed by atoms with van der Waals surface area (Å²) in [5.74, 6) is -0.800. The van der Waals surface area contributed by atoms with E-state index >= 15 is 0 Å². The van der Waals surface area contributed by atoms with Crippen LogP contribution in [0.1, 0.15) is 46.5 Å². The van der Waals surface area contributed by atoms with Crippen molar-refractivity contribution in [2.75, 3.05) is 19.8 Å². The minimum atomic E-state index is -0.528. The number of rotatable bonds is 9. The van der Waals surface area contributed by atoms with Crippen molar-refractivity contribution in [3.8, 4) is 0 Å². The molecule has 0 aliphatic heterocycles. The first-order valence-corrected chi connectivity index (χ1v) is 7.18. The molecule has 0 aromatic heterocycles. The Morgan fingerprint density at radius 3 is 2.05 bits per heavy atom. The third-order valence-electron chi connectivity index (χ3n) is 2.33. The average Bonchev–Trinajstić information content (AvgIpc) is 2.46. The highest BCUT2D eigenvalue weighted by atomic mass is 16.5. The van der Waals surface area contributed by atoms with Gasteiger partial charge in [-0.3, -0.25) is 0 Å². The van der Waals surface area contributed by atoms with Gasteiger partial charge in [0.05, 0.1) is 25.4 Å². The predicted molar refractivity (Wildman–Crippen MR) is 82.8 cm³/mol. The number of carbonyl (C=O) groups is 2. The summed E-state index contributed by atoms with van der Waals surface area (Å²) in [4.78, 5) is 21.3. The summed E-state index contributed by atoms with van der Waals surface area (Å²) in [6.07, 6.45) is 4.52. The fourth-order valence-electron chi connectivity index (χ4n) is 1.11. The molecule has 0 saturated heterocycles. The van der Waals surface area contributed by atoms with E-state index in [2.05, 4.69) is 24.8 Å². The third kappa shape index (κ3) is 14.6. The van der Waals surface area contributed by atoms with Gasteiger partial charge >= 0.3 is 11.9 Å². The molecule has 0 rings (SSSR count). The van der Waals surface area contributed by atoms with E-state index in [0.717, 1.165) is 12.8 Å². The van der Waals surface area contributed by atoms with Crippen LogP contribution in [0.15, 0.2) is 24.3 Å². The molecule has 0 aliphatic rings. The minimum Gasteiger partial charge on any atom is -0.463 e. The lowest BCUT2D eigenvalue weighted by molar-refractivity contribution is -0.139. The average molecular weight is 300 g/mol. The van der Waals surface area contributed by atoms with Crippen LogP contribution in [0.2, 0.25) is 0 Å². The molecule has 1 N–H and O–H groups in total. The van der Waals surface area contributed by atoms with E-state index in [0.29, 0.717) is 18.8 Å². The summed E-state index contributed by atoms with van der Waals surface area (Å²) in [6.45, 7) is 12.8. The molecular weight excluding hydrogens is 272 g/mol. The molecule has 0 spiro atoms. The van der Waals surface area contributed by atoms with Crippen LogP contribution < -0.4 is 0 Å². The summed E-state index contributed by atoms with van der Waals surface area (Å²) in [5.41, 5.74) is 0.572. The van der Waals surface area contributed by atoms with Gasteiger partial charge in [0.25, 0.3) is 0 Å². The maximum absolute atomic E-state index is 10.9. The van der Waals surface area contributed by atoms with Crippen molar-refractivity contribution in [3.05, 3.63) is 24.3 Å². The van der Waals surface area contributed by atoms with Crippen LogP contribution in [0.4, 0.5) is 0 Å². The first-order valence-electron chi connectivity index (χ1n) is 7.18. The Hall–Kier alpha value is -1.62. The number of aliphatic hydroxyl groups excluding tert-OH is 1. The van der Waals surface area contributed by atoms with E-state index in [1.807, 2.05) is 0 Å². The van der Waals surface area contributed by atoms with Crippen LogP contribution in [-0.4, -0.2) is 36.9 Å². The summed E-state index contributed by atoms with van der Waals surface area (Å²) >= 11 is 0. The van der Waals surface area contributed by atoms with Crippen LogP contribution >= 0.6 is 0 Å². The number of esters is 2.